The van der Waals surface area contributed by atoms with Gasteiger partial charge >= 0.3 is 0 Å². The molecule has 0 bridgehead atoms. The summed E-state index contributed by atoms with van der Waals surface area (Å²) in [5.41, 5.74) is 7.16. The van der Waals surface area contributed by atoms with E-state index in [1.165, 1.54) is 0 Å². The van der Waals surface area contributed by atoms with E-state index < -0.39 is 6.10 Å². The van der Waals surface area contributed by atoms with Gasteiger partial charge in [0, 0.05) is 6.54 Å². The minimum atomic E-state index is -0.602. The first-order valence-electron chi connectivity index (χ1n) is 4.22. The number of aliphatic hydroxyl groups is 1. The summed E-state index contributed by atoms with van der Waals surface area (Å²) < 4.78 is 5.13. The summed E-state index contributed by atoms with van der Waals surface area (Å²) in [6, 6.07) is 5.57. The fraction of sp³-hybridized carbons (Fsp3) is 0.400. The Morgan fingerprint density at radius 3 is 2.77 bits per heavy atom. The van der Waals surface area contributed by atoms with Gasteiger partial charge in [-0.05, 0) is 24.1 Å². The first-order chi connectivity index (χ1) is 6.20. The molecule has 0 amide bonds. The average Bonchev–Trinajstić information content (AvgIpc) is 2.17. The quantitative estimate of drug-likeness (QED) is 0.731. The van der Waals surface area contributed by atoms with Gasteiger partial charge in [-0.15, -0.1) is 0 Å². The summed E-state index contributed by atoms with van der Waals surface area (Å²) in [6.07, 6.45) is -0.602. The molecule has 0 aliphatic rings. The molecule has 1 aromatic carbocycles. The lowest BCUT2D eigenvalue weighted by Crippen LogP contribution is -2.12. The van der Waals surface area contributed by atoms with E-state index in [1.807, 2.05) is 25.1 Å². The van der Waals surface area contributed by atoms with Crippen LogP contribution < -0.4 is 10.5 Å². The van der Waals surface area contributed by atoms with E-state index in [4.69, 9.17) is 10.5 Å². The average molecular weight is 181 g/mol. The first-order valence-corrected chi connectivity index (χ1v) is 4.22. The molecule has 1 aromatic rings. The van der Waals surface area contributed by atoms with Crippen molar-refractivity contribution < 1.29 is 9.84 Å². The third-order valence-electron chi connectivity index (χ3n) is 2.13. The van der Waals surface area contributed by atoms with Crippen molar-refractivity contribution in [2.24, 2.45) is 5.73 Å². The number of hydrogen-bond donors (Lipinski definition) is 2. The van der Waals surface area contributed by atoms with Gasteiger partial charge in [-0.2, -0.15) is 0 Å². The summed E-state index contributed by atoms with van der Waals surface area (Å²) in [6.45, 7) is 2.14. The molecule has 3 heteroatoms. The maximum Gasteiger partial charge on any atom is 0.122 e. The number of benzene rings is 1. The van der Waals surface area contributed by atoms with Crippen molar-refractivity contribution >= 4 is 0 Å². The molecular formula is C10H15NO2. The van der Waals surface area contributed by atoms with E-state index >= 15 is 0 Å². The van der Waals surface area contributed by atoms with Crippen LogP contribution in [0.2, 0.25) is 0 Å². The van der Waals surface area contributed by atoms with Gasteiger partial charge in [0.15, 0.2) is 0 Å². The fourth-order valence-corrected chi connectivity index (χ4v) is 1.34. The molecule has 0 saturated heterocycles. The van der Waals surface area contributed by atoms with Gasteiger partial charge in [0.05, 0.1) is 13.2 Å². The summed E-state index contributed by atoms with van der Waals surface area (Å²) in [4.78, 5) is 0. The van der Waals surface area contributed by atoms with Crippen LogP contribution in [0.4, 0.5) is 0 Å². The van der Waals surface area contributed by atoms with Crippen LogP contribution in [0.3, 0.4) is 0 Å². The first kappa shape index (κ1) is 10.0. The monoisotopic (exact) mass is 181 g/mol. The van der Waals surface area contributed by atoms with E-state index in [9.17, 15) is 5.11 Å². The number of hydrogen-bond acceptors (Lipinski definition) is 3. The van der Waals surface area contributed by atoms with Gasteiger partial charge < -0.3 is 15.6 Å². The maximum absolute atomic E-state index is 9.55. The van der Waals surface area contributed by atoms with Gasteiger partial charge in [0.1, 0.15) is 5.75 Å². The molecule has 3 nitrogen and oxygen atoms in total. The van der Waals surface area contributed by atoms with Gasteiger partial charge in [-0.3, -0.25) is 0 Å². The van der Waals surface area contributed by atoms with Gasteiger partial charge in [-0.25, -0.2) is 0 Å². The molecule has 72 valence electrons. The molecule has 3 N–H and O–H groups in total. The maximum atomic E-state index is 9.55. The van der Waals surface area contributed by atoms with E-state index in [0.717, 1.165) is 16.9 Å². The lowest BCUT2D eigenvalue weighted by atomic mass is 10.0. The van der Waals surface area contributed by atoms with E-state index in [-0.39, 0.29) is 6.54 Å². The summed E-state index contributed by atoms with van der Waals surface area (Å²) >= 11 is 0. The second-order valence-electron chi connectivity index (χ2n) is 2.93. The highest BCUT2D eigenvalue weighted by molar-refractivity contribution is 5.40. The van der Waals surface area contributed by atoms with E-state index in [2.05, 4.69) is 0 Å². The van der Waals surface area contributed by atoms with Crippen molar-refractivity contribution in [3.05, 3.63) is 29.3 Å². The standard InChI is InChI=1S/C10H15NO2/c1-7-8(9(12)6-11)4-3-5-10(7)13-2/h3-5,9,12H,6,11H2,1-2H3. The second kappa shape index (κ2) is 4.25. The Morgan fingerprint density at radius 1 is 1.54 bits per heavy atom. The molecule has 1 atom stereocenters. The Labute approximate surface area is 78.1 Å². The van der Waals surface area contributed by atoms with E-state index in [1.54, 1.807) is 7.11 Å². The summed E-state index contributed by atoms with van der Waals surface area (Å²) in [5.74, 6) is 0.782. The molecule has 0 heterocycles. The molecule has 0 aromatic heterocycles. The predicted molar refractivity (Wildman–Crippen MR) is 51.7 cm³/mol. The molecule has 13 heavy (non-hydrogen) atoms. The number of methoxy groups -OCH3 is 1. The highest BCUT2D eigenvalue weighted by atomic mass is 16.5. The lowest BCUT2D eigenvalue weighted by molar-refractivity contribution is 0.185. The molecule has 1 unspecified atom stereocenters. The highest BCUT2D eigenvalue weighted by Gasteiger charge is 2.10. The molecular weight excluding hydrogens is 166 g/mol. The predicted octanol–water partition coefficient (Wildman–Crippen LogP) is 0.996. The van der Waals surface area contributed by atoms with Crippen LogP contribution in [0, 0.1) is 6.92 Å². The Kier molecular flexibility index (Phi) is 3.28. The van der Waals surface area contributed by atoms with Crippen LogP contribution in [0.15, 0.2) is 18.2 Å². The van der Waals surface area contributed by atoms with Crippen LogP contribution in [0.25, 0.3) is 0 Å². The third-order valence-corrected chi connectivity index (χ3v) is 2.13. The molecule has 0 radical (unpaired) electrons. The minimum Gasteiger partial charge on any atom is -0.496 e. The molecule has 0 aliphatic carbocycles. The number of aliphatic hydroxyl groups excluding tert-OH is 1. The van der Waals surface area contributed by atoms with Crippen molar-refractivity contribution in [3.8, 4) is 5.75 Å². The Bertz CT molecular complexity index is 286. The zero-order chi connectivity index (χ0) is 9.84. The molecule has 0 aliphatic heterocycles. The Hall–Kier alpha value is -1.06. The Balaban J connectivity index is 3.08. The van der Waals surface area contributed by atoms with Crippen LogP contribution in [-0.2, 0) is 0 Å². The minimum absolute atomic E-state index is 0.230. The van der Waals surface area contributed by atoms with Gasteiger partial charge in [0.2, 0.25) is 0 Å². The Morgan fingerprint density at radius 2 is 2.23 bits per heavy atom. The third kappa shape index (κ3) is 1.99. The van der Waals surface area contributed by atoms with Gasteiger partial charge in [0.25, 0.3) is 0 Å². The molecule has 0 saturated carbocycles. The lowest BCUT2D eigenvalue weighted by Gasteiger charge is -2.13. The molecule has 0 spiro atoms. The largest absolute Gasteiger partial charge is 0.496 e. The van der Waals surface area contributed by atoms with Crippen molar-refractivity contribution in [2.45, 2.75) is 13.0 Å². The van der Waals surface area contributed by atoms with Crippen molar-refractivity contribution in [2.75, 3.05) is 13.7 Å². The van der Waals surface area contributed by atoms with Crippen molar-refractivity contribution in [1.82, 2.24) is 0 Å². The molecule has 1 rings (SSSR count). The van der Waals surface area contributed by atoms with Crippen molar-refractivity contribution in [3.63, 3.8) is 0 Å². The fourth-order valence-electron chi connectivity index (χ4n) is 1.34. The number of nitrogens with two attached hydrogens (primary N) is 1. The van der Waals surface area contributed by atoms with Crippen LogP contribution >= 0.6 is 0 Å². The van der Waals surface area contributed by atoms with Crippen LogP contribution in [0.1, 0.15) is 17.2 Å². The zero-order valence-electron chi connectivity index (χ0n) is 7.95. The van der Waals surface area contributed by atoms with Gasteiger partial charge in [-0.1, -0.05) is 12.1 Å². The SMILES string of the molecule is COc1cccc(C(O)CN)c1C. The number of ether oxygens (including phenoxy) is 1. The highest BCUT2D eigenvalue weighted by Crippen LogP contribution is 2.25. The second-order valence-corrected chi connectivity index (χ2v) is 2.93. The zero-order valence-corrected chi connectivity index (χ0v) is 7.95. The van der Waals surface area contributed by atoms with E-state index in [0.29, 0.717) is 0 Å². The number of rotatable bonds is 3. The smallest absolute Gasteiger partial charge is 0.122 e. The topological polar surface area (TPSA) is 55.5 Å². The molecule has 0 fully saturated rings. The summed E-state index contributed by atoms with van der Waals surface area (Å²) in [5, 5.41) is 9.55. The van der Waals surface area contributed by atoms with Crippen molar-refractivity contribution in [1.29, 1.82) is 0 Å². The van der Waals surface area contributed by atoms with Crippen LogP contribution in [-0.4, -0.2) is 18.8 Å². The normalized spacial score (nSPS) is 12.6. The summed E-state index contributed by atoms with van der Waals surface area (Å²) in [7, 11) is 1.61. The van der Waals surface area contributed by atoms with Crippen LogP contribution in [0.5, 0.6) is 5.75 Å².